The first-order valence-electron chi connectivity index (χ1n) is 8.77. The Labute approximate surface area is 158 Å². The first-order valence-corrected chi connectivity index (χ1v) is 8.77. The molecule has 1 aliphatic rings. The molecule has 1 aliphatic heterocycles. The number of carboxylic acids is 1. The van der Waals surface area contributed by atoms with Gasteiger partial charge in [-0.1, -0.05) is 0 Å². The fraction of sp³-hybridized carbons (Fsp3) is 0.474. The number of rotatable bonds is 5. The average molecular weight is 374 g/mol. The smallest absolute Gasteiger partial charge is 0.327 e. The molecule has 0 saturated heterocycles. The van der Waals surface area contributed by atoms with Gasteiger partial charge in [-0.15, -0.1) is 0 Å². The molecule has 1 aromatic rings. The number of hydrogen-bond donors (Lipinski definition) is 2. The third kappa shape index (κ3) is 3.85. The van der Waals surface area contributed by atoms with E-state index in [9.17, 15) is 19.5 Å². The minimum atomic E-state index is -1.28. The number of amides is 1. The molecular formula is C19H26N4O4. The first kappa shape index (κ1) is 20.6. The molecule has 146 valence electrons. The predicted octanol–water partition coefficient (Wildman–Crippen LogP) is 1.98. The van der Waals surface area contributed by atoms with Crippen molar-refractivity contribution in [3.8, 4) is 0 Å². The van der Waals surface area contributed by atoms with Crippen molar-refractivity contribution in [1.82, 2.24) is 15.0 Å². The van der Waals surface area contributed by atoms with E-state index < -0.39 is 29.2 Å². The number of hydrogen-bond acceptors (Lipinski definition) is 6. The molecule has 0 bridgehead atoms. The Balaban J connectivity index is 2.74. The second kappa shape index (κ2) is 7.48. The van der Waals surface area contributed by atoms with Crippen LogP contribution >= 0.6 is 0 Å². The van der Waals surface area contributed by atoms with Crippen molar-refractivity contribution in [2.75, 3.05) is 11.9 Å². The Morgan fingerprint density at radius 3 is 2.41 bits per heavy atom. The monoisotopic (exact) mass is 374 g/mol. The van der Waals surface area contributed by atoms with E-state index in [1.165, 1.54) is 23.1 Å². The molecule has 0 aliphatic carbocycles. The van der Waals surface area contributed by atoms with Gasteiger partial charge in [-0.2, -0.15) is 5.01 Å². The molecule has 0 saturated carbocycles. The number of carbonyl (C=O) groups excluding carboxylic acids is 2. The number of nitrogens with one attached hydrogen (secondary N) is 1. The highest BCUT2D eigenvalue weighted by Gasteiger charge is 2.49. The van der Waals surface area contributed by atoms with Crippen molar-refractivity contribution in [2.45, 2.75) is 53.1 Å². The van der Waals surface area contributed by atoms with Gasteiger partial charge in [-0.25, -0.2) is 0 Å². The molecular weight excluding hydrogens is 348 g/mol. The lowest BCUT2D eigenvalue weighted by atomic mass is 9.93. The summed E-state index contributed by atoms with van der Waals surface area (Å²) in [5, 5.41) is 15.7. The lowest BCUT2D eigenvalue weighted by molar-refractivity contribution is -0.176. The quantitative estimate of drug-likeness (QED) is 0.812. The minimum absolute atomic E-state index is 0.0200. The lowest BCUT2D eigenvalue weighted by Gasteiger charge is -2.49. The molecule has 1 amide bonds. The van der Waals surface area contributed by atoms with Crippen LogP contribution in [0, 0.1) is 6.92 Å². The summed E-state index contributed by atoms with van der Waals surface area (Å²) in [6, 6.07) is 0.483. The molecule has 8 nitrogen and oxygen atoms in total. The van der Waals surface area contributed by atoms with Crippen molar-refractivity contribution in [1.29, 1.82) is 0 Å². The molecule has 0 fully saturated rings. The number of pyridine rings is 1. The molecule has 27 heavy (non-hydrogen) atoms. The van der Waals surface area contributed by atoms with Gasteiger partial charge in [0.15, 0.2) is 11.8 Å². The standard InChI is InChI=1S/C19H26N4O4/c1-7-22-17(25)15(21-13-10-20-9-8-11(13)2)14(12(3)24)16(18(26)27)23(22)19(4,5)6/h8-10,16,21H,7H2,1-6H3,(H,26,27). The molecule has 2 rings (SSSR count). The van der Waals surface area contributed by atoms with Gasteiger partial charge in [0.05, 0.1) is 17.5 Å². The number of likely N-dealkylation sites (N-methyl/N-ethyl adjacent to an activating group) is 1. The fourth-order valence-corrected chi connectivity index (χ4v) is 3.23. The maximum absolute atomic E-state index is 13.2. The van der Waals surface area contributed by atoms with E-state index >= 15 is 0 Å². The minimum Gasteiger partial charge on any atom is -0.480 e. The van der Waals surface area contributed by atoms with Crippen LogP contribution in [0.3, 0.4) is 0 Å². The number of ketones is 1. The van der Waals surface area contributed by atoms with Gasteiger partial charge in [0.1, 0.15) is 5.70 Å². The Bertz CT molecular complexity index is 810. The number of aryl methyl sites for hydroxylation is 1. The fourth-order valence-electron chi connectivity index (χ4n) is 3.23. The number of hydrazine groups is 1. The van der Waals surface area contributed by atoms with Crippen molar-refractivity contribution in [3.05, 3.63) is 35.3 Å². The van der Waals surface area contributed by atoms with Crippen molar-refractivity contribution in [3.63, 3.8) is 0 Å². The third-order valence-corrected chi connectivity index (χ3v) is 4.39. The average Bonchev–Trinajstić information content (AvgIpc) is 2.56. The van der Waals surface area contributed by atoms with Gasteiger partial charge in [0.25, 0.3) is 5.91 Å². The van der Waals surface area contributed by atoms with Crippen LogP contribution in [-0.2, 0) is 14.4 Å². The zero-order chi connectivity index (χ0) is 20.5. The van der Waals surface area contributed by atoms with E-state index in [4.69, 9.17) is 0 Å². The maximum Gasteiger partial charge on any atom is 0.327 e. The molecule has 2 N–H and O–H groups in total. The topological polar surface area (TPSA) is 103 Å². The van der Waals surface area contributed by atoms with E-state index in [1.54, 1.807) is 40.0 Å². The summed E-state index contributed by atoms with van der Waals surface area (Å²) < 4.78 is 0. The number of carboxylic acid groups (broad SMARTS) is 1. The van der Waals surface area contributed by atoms with Gasteiger partial charge in [-0.3, -0.25) is 24.4 Å². The molecule has 1 unspecified atom stereocenters. The van der Waals surface area contributed by atoms with Crippen molar-refractivity contribution >= 4 is 23.3 Å². The molecule has 1 aromatic heterocycles. The Morgan fingerprint density at radius 1 is 1.33 bits per heavy atom. The van der Waals surface area contributed by atoms with Crippen LogP contribution in [0.1, 0.15) is 40.2 Å². The Kier molecular flexibility index (Phi) is 5.70. The van der Waals surface area contributed by atoms with Crippen LogP contribution in [0.5, 0.6) is 0 Å². The predicted molar refractivity (Wildman–Crippen MR) is 101 cm³/mol. The van der Waals surface area contributed by atoms with E-state index in [2.05, 4.69) is 10.3 Å². The second-order valence-corrected chi connectivity index (χ2v) is 7.44. The van der Waals surface area contributed by atoms with Gasteiger partial charge in [-0.05, 0) is 53.2 Å². The van der Waals surface area contributed by atoms with E-state index in [0.717, 1.165) is 5.56 Å². The zero-order valence-corrected chi connectivity index (χ0v) is 16.5. The summed E-state index contributed by atoms with van der Waals surface area (Å²) in [5.74, 6) is -2.11. The Hall–Kier alpha value is -2.74. The third-order valence-electron chi connectivity index (χ3n) is 4.39. The van der Waals surface area contributed by atoms with Crippen molar-refractivity contribution in [2.24, 2.45) is 0 Å². The largest absolute Gasteiger partial charge is 0.480 e. The highest BCUT2D eigenvalue weighted by atomic mass is 16.4. The van der Waals surface area contributed by atoms with Crippen molar-refractivity contribution < 1.29 is 19.5 Å². The first-order chi connectivity index (χ1) is 12.5. The number of nitrogens with zero attached hydrogens (tertiary/aromatic N) is 3. The number of aliphatic carboxylic acids is 1. The molecule has 0 spiro atoms. The van der Waals surface area contributed by atoms with Crippen LogP contribution in [0.15, 0.2) is 29.7 Å². The molecule has 1 atom stereocenters. The molecule has 8 heteroatoms. The summed E-state index contributed by atoms with van der Waals surface area (Å²) in [5.41, 5.74) is 0.597. The summed E-state index contributed by atoms with van der Waals surface area (Å²) in [6.45, 7) is 10.6. The Morgan fingerprint density at radius 2 is 1.96 bits per heavy atom. The van der Waals surface area contributed by atoms with Crippen LogP contribution in [0.25, 0.3) is 0 Å². The van der Waals surface area contributed by atoms with Gasteiger partial charge >= 0.3 is 5.97 Å². The maximum atomic E-state index is 13.2. The van der Waals surface area contributed by atoms with E-state index in [1.807, 2.05) is 6.92 Å². The molecule has 0 aromatic carbocycles. The second-order valence-electron chi connectivity index (χ2n) is 7.44. The normalized spacial score (nSPS) is 18.7. The van der Waals surface area contributed by atoms with Crippen LogP contribution in [0.2, 0.25) is 0 Å². The molecule has 2 heterocycles. The molecule has 0 radical (unpaired) electrons. The van der Waals surface area contributed by atoms with Crippen LogP contribution < -0.4 is 5.32 Å². The highest BCUT2D eigenvalue weighted by Crippen LogP contribution is 2.33. The van der Waals surface area contributed by atoms with Gasteiger partial charge in [0.2, 0.25) is 0 Å². The number of anilines is 1. The number of aromatic nitrogens is 1. The summed E-state index contributed by atoms with van der Waals surface area (Å²) in [7, 11) is 0. The summed E-state index contributed by atoms with van der Waals surface area (Å²) in [4.78, 5) is 41.8. The van der Waals surface area contributed by atoms with E-state index in [-0.39, 0.29) is 17.8 Å². The number of carbonyl (C=O) groups is 3. The van der Waals surface area contributed by atoms with Crippen LogP contribution in [-0.4, -0.2) is 55.9 Å². The summed E-state index contributed by atoms with van der Waals surface area (Å²) >= 11 is 0. The zero-order valence-electron chi connectivity index (χ0n) is 16.5. The van der Waals surface area contributed by atoms with Gasteiger partial charge < -0.3 is 10.4 Å². The van der Waals surface area contributed by atoms with Crippen LogP contribution in [0.4, 0.5) is 5.69 Å². The van der Waals surface area contributed by atoms with Gasteiger partial charge in [0, 0.05) is 18.3 Å². The van der Waals surface area contributed by atoms with E-state index in [0.29, 0.717) is 5.69 Å². The highest BCUT2D eigenvalue weighted by molar-refractivity contribution is 6.11. The lowest BCUT2D eigenvalue weighted by Crippen LogP contribution is -2.66. The number of Topliss-reactive ketones (excluding diaryl/α,β-unsaturated/α-hetero) is 1. The summed E-state index contributed by atoms with van der Waals surface area (Å²) in [6.07, 6.45) is 3.15. The SMILES string of the molecule is CCN1C(=O)C(Nc2cnccc2C)=C(C(C)=O)C(C(=O)O)N1C(C)(C)C.